The first-order valence-electron chi connectivity index (χ1n) is 8.17. The summed E-state index contributed by atoms with van der Waals surface area (Å²) in [6.45, 7) is 4.29. The highest BCUT2D eigenvalue weighted by Gasteiger charge is 2.26. The molecule has 0 bridgehead atoms. The molecule has 1 aromatic carbocycles. The molecular formula is C19H24N4O2. The third-order valence-corrected chi connectivity index (χ3v) is 4.41. The number of carboxylic acids is 1. The van der Waals surface area contributed by atoms with Gasteiger partial charge in [-0.2, -0.15) is 10.4 Å². The van der Waals surface area contributed by atoms with Crippen molar-refractivity contribution in [2.24, 2.45) is 7.05 Å². The van der Waals surface area contributed by atoms with Crippen LogP contribution in [0, 0.1) is 11.3 Å². The number of carbonyl (C=O) groups is 1. The number of hydrogen-bond acceptors (Lipinski definition) is 4. The Morgan fingerprint density at radius 3 is 2.52 bits per heavy atom. The maximum absolute atomic E-state index is 11.8. The van der Waals surface area contributed by atoms with Crippen LogP contribution in [-0.4, -0.2) is 39.3 Å². The fourth-order valence-corrected chi connectivity index (χ4v) is 2.77. The van der Waals surface area contributed by atoms with E-state index in [0.29, 0.717) is 12.1 Å². The number of carboxylic acid groups (broad SMARTS) is 1. The van der Waals surface area contributed by atoms with E-state index < -0.39 is 17.4 Å². The summed E-state index contributed by atoms with van der Waals surface area (Å²) in [4.78, 5) is 13.6. The number of aryl methyl sites for hydroxylation is 1. The first-order valence-corrected chi connectivity index (χ1v) is 8.17. The highest BCUT2D eigenvalue weighted by Crippen LogP contribution is 2.26. The zero-order chi connectivity index (χ0) is 18.6. The maximum Gasteiger partial charge on any atom is 0.325 e. The van der Waals surface area contributed by atoms with Gasteiger partial charge in [0.1, 0.15) is 6.04 Å². The molecule has 0 aliphatic heterocycles. The number of benzene rings is 1. The van der Waals surface area contributed by atoms with Crippen molar-refractivity contribution in [3.05, 3.63) is 53.3 Å². The fourth-order valence-electron chi connectivity index (χ4n) is 2.77. The number of hydrogen-bond donors (Lipinski definition) is 1. The highest BCUT2D eigenvalue weighted by atomic mass is 16.4. The zero-order valence-electron chi connectivity index (χ0n) is 15.1. The van der Waals surface area contributed by atoms with Crippen molar-refractivity contribution < 1.29 is 9.90 Å². The van der Waals surface area contributed by atoms with E-state index in [1.807, 2.05) is 51.2 Å². The summed E-state index contributed by atoms with van der Waals surface area (Å²) in [6, 6.07) is 8.80. The summed E-state index contributed by atoms with van der Waals surface area (Å²) in [5.74, 6) is -0.888. The van der Waals surface area contributed by atoms with E-state index in [1.54, 1.807) is 23.0 Å². The van der Waals surface area contributed by atoms with Crippen molar-refractivity contribution in [2.75, 3.05) is 13.6 Å². The Balaban J connectivity index is 2.14. The Kier molecular flexibility index (Phi) is 5.60. The molecule has 2 aromatic rings. The average Bonchev–Trinajstić information content (AvgIpc) is 2.99. The van der Waals surface area contributed by atoms with Crippen LogP contribution in [0.2, 0.25) is 0 Å². The molecule has 6 heteroatoms. The molecule has 0 saturated heterocycles. The van der Waals surface area contributed by atoms with Gasteiger partial charge >= 0.3 is 5.97 Å². The standard InChI is InChI=1S/C19H24N4O2/c1-19(2,13-20)16-7-5-15(6-8-16)17(18(24)25)22(3)10-9-14-11-21-23(4)12-14/h5-8,11-12,17H,9-10H2,1-4H3,(H,24,25)/t17-/m0/s1. The first kappa shape index (κ1) is 18.7. The summed E-state index contributed by atoms with van der Waals surface area (Å²) in [6.07, 6.45) is 4.46. The largest absolute Gasteiger partial charge is 0.480 e. The monoisotopic (exact) mass is 340 g/mol. The van der Waals surface area contributed by atoms with Crippen LogP contribution in [0.3, 0.4) is 0 Å². The lowest BCUT2D eigenvalue weighted by atomic mass is 9.85. The van der Waals surface area contributed by atoms with Crippen molar-refractivity contribution in [2.45, 2.75) is 31.7 Å². The quantitative estimate of drug-likeness (QED) is 0.837. The van der Waals surface area contributed by atoms with Gasteiger partial charge in [0.05, 0.1) is 17.7 Å². The number of nitriles is 1. The van der Waals surface area contributed by atoms with E-state index in [2.05, 4.69) is 11.2 Å². The Morgan fingerprint density at radius 1 is 1.40 bits per heavy atom. The van der Waals surface area contributed by atoms with Crippen LogP contribution < -0.4 is 0 Å². The summed E-state index contributed by atoms with van der Waals surface area (Å²) in [7, 11) is 3.67. The first-order chi connectivity index (χ1) is 11.7. The van der Waals surface area contributed by atoms with Gasteiger partial charge in [0.2, 0.25) is 0 Å². The van der Waals surface area contributed by atoms with Crippen LogP contribution in [0.4, 0.5) is 0 Å². The molecule has 132 valence electrons. The molecule has 0 unspecified atom stereocenters. The smallest absolute Gasteiger partial charge is 0.325 e. The normalized spacial score (nSPS) is 12.8. The van der Waals surface area contributed by atoms with E-state index in [-0.39, 0.29) is 0 Å². The number of aliphatic carboxylic acids is 1. The minimum Gasteiger partial charge on any atom is -0.480 e. The Morgan fingerprint density at radius 2 is 2.04 bits per heavy atom. The molecule has 0 fully saturated rings. The number of nitrogens with zero attached hydrogens (tertiary/aromatic N) is 4. The molecular weight excluding hydrogens is 316 g/mol. The van der Waals surface area contributed by atoms with Gasteiger partial charge in [-0.05, 0) is 44.0 Å². The molecule has 1 heterocycles. The van der Waals surface area contributed by atoms with Gasteiger partial charge in [-0.3, -0.25) is 14.4 Å². The highest BCUT2D eigenvalue weighted by molar-refractivity contribution is 5.75. The van der Waals surface area contributed by atoms with Crippen molar-refractivity contribution in [3.8, 4) is 6.07 Å². The molecule has 0 amide bonds. The predicted octanol–water partition coefficient (Wildman–Crippen LogP) is 2.52. The lowest BCUT2D eigenvalue weighted by molar-refractivity contribution is -0.143. The summed E-state index contributed by atoms with van der Waals surface area (Å²) >= 11 is 0. The Labute approximate surface area is 148 Å². The van der Waals surface area contributed by atoms with Gasteiger partial charge in [0.15, 0.2) is 0 Å². The van der Waals surface area contributed by atoms with Crippen LogP contribution in [0.15, 0.2) is 36.7 Å². The molecule has 0 aliphatic carbocycles. The molecule has 1 atom stereocenters. The number of aromatic nitrogens is 2. The van der Waals surface area contributed by atoms with Crippen molar-refractivity contribution >= 4 is 5.97 Å². The van der Waals surface area contributed by atoms with Gasteiger partial charge in [0.25, 0.3) is 0 Å². The molecule has 0 saturated carbocycles. The minimum absolute atomic E-state index is 0.594. The second kappa shape index (κ2) is 7.49. The minimum atomic E-state index is -0.888. The van der Waals surface area contributed by atoms with Crippen molar-refractivity contribution in [1.29, 1.82) is 5.26 Å². The number of likely N-dealkylation sites (N-methyl/N-ethyl adjacent to an activating group) is 1. The van der Waals surface area contributed by atoms with Crippen molar-refractivity contribution in [1.82, 2.24) is 14.7 Å². The van der Waals surface area contributed by atoms with Crippen LogP contribution >= 0.6 is 0 Å². The van der Waals surface area contributed by atoms with Crippen LogP contribution in [0.25, 0.3) is 0 Å². The van der Waals surface area contributed by atoms with Gasteiger partial charge in [-0.15, -0.1) is 0 Å². The zero-order valence-corrected chi connectivity index (χ0v) is 15.1. The fraction of sp³-hybridized carbons (Fsp3) is 0.421. The Bertz CT molecular complexity index is 771. The predicted molar refractivity (Wildman–Crippen MR) is 95.0 cm³/mol. The molecule has 2 rings (SSSR count). The molecule has 25 heavy (non-hydrogen) atoms. The topological polar surface area (TPSA) is 82.2 Å². The second-order valence-electron chi connectivity index (χ2n) is 6.85. The lowest BCUT2D eigenvalue weighted by Gasteiger charge is -2.25. The second-order valence-corrected chi connectivity index (χ2v) is 6.85. The average molecular weight is 340 g/mol. The molecule has 0 aliphatic rings. The van der Waals surface area contributed by atoms with Gasteiger partial charge in [-0.25, -0.2) is 0 Å². The van der Waals surface area contributed by atoms with Crippen LogP contribution in [0.1, 0.15) is 36.6 Å². The maximum atomic E-state index is 11.8. The summed E-state index contributed by atoms with van der Waals surface area (Å²) in [5, 5.41) is 23.0. The SMILES string of the molecule is CN(CCc1cnn(C)c1)[C@H](C(=O)O)c1ccc(C(C)(C)C#N)cc1. The van der Waals surface area contributed by atoms with E-state index in [1.165, 1.54) is 0 Å². The van der Waals surface area contributed by atoms with Crippen LogP contribution in [0.5, 0.6) is 0 Å². The van der Waals surface area contributed by atoms with Gasteiger partial charge in [0, 0.05) is 19.8 Å². The lowest BCUT2D eigenvalue weighted by Crippen LogP contribution is -2.32. The van der Waals surface area contributed by atoms with Gasteiger partial charge < -0.3 is 5.11 Å². The molecule has 1 aromatic heterocycles. The summed E-state index contributed by atoms with van der Waals surface area (Å²) < 4.78 is 1.74. The van der Waals surface area contributed by atoms with Gasteiger partial charge in [-0.1, -0.05) is 24.3 Å². The van der Waals surface area contributed by atoms with Crippen molar-refractivity contribution in [3.63, 3.8) is 0 Å². The third-order valence-electron chi connectivity index (χ3n) is 4.41. The molecule has 0 spiro atoms. The van der Waals surface area contributed by atoms with E-state index in [9.17, 15) is 15.2 Å². The molecule has 1 N–H and O–H groups in total. The van der Waals surface area contributed by atoms with E-state index in [0.717, 1.165) is 17.5 Å². The number of rotatable bonds is 7. The van der Waals surface area contributed by atoms with E-state index in [4.69, 9.17) is 0 Å². The summed E-state index contributed by atoms with van der Waals surface area (Å²) in [5.41, 5.74) is 2.06. The van der Waals surface area contributed by atoms with E-state index >= 15 is 0 Å². The Hall–Kier alpha value is -2.65. The van der Waals surface area contributed by atoms with Crippen LogP contribution in [-0.2, 0) is 23.7 Å². The third kappa shape index (κ3) is 4.46. The molecule has 0 radical (unpaired) electrons. The molecule has 6 nitrogen and oxygen atoms in total.